The van der Waals surface area contributed by atoms with E-state index in [0.29, 0.717) is 18.0 Å². The first-order valence-electron chi connectivity index (χ1n) is 9.49. The number of anilines is 1. The van der Waals surface area contributed by atoms with E-state index in [2.05, 4.69) is 39.5 Å². The van der Waals surface area contributed by atoms with Crippen LogP contribution in [0, 0.1) is 0 Å². The van der Waals surface area contributed by atoms with Crippen LogP contribution in [0.1, 0.15) is 28.1 Å². The lowest BCUT2D eigenvalue weighted by molar-refractivity contribution is -0.116. The van der Waals surface area contributed by atoms with Gasteiger partial charge in [0.1, 0.15) is 5.75 Å². The van der Waals surface area contributed by atoms with Crippen molar-refractivity contribution in [1.29, 1.82) is 0 Å². The van der Waals surface area contributed by atoms with E-state index < -0.39 is 0 Å². The summed E-state index contributed by atoms with van der Waals surface area (Å²) in [6.45, 7) is 2.78. The summed E-state index contributed by atoms with van der Waals surface area (Å²) in [5.41, 5.74) is 3.20. The average Bonchev–Trinajstić information content (AvgIpc) is 3.09. The van der Waals surface area contributed by atoms with Crippen LogP contribution < -0.4 is 5.32 Å². The maximum absolute atomic E-state index is 12.3. The number of benzene rings is 2. The number of amides is 1. The second-order valence-corrected chi connectivity index (χ2v) is 8.10. The lowest BCUT2D eigenvalue weighted by Crippen LogP contribution is -2.29. The molecule has 1 amide bonds. The molecule has 0 saturated heterocycles. The van der Waals surface area contributed by atoms with Crippen LogP contribution in [0.5, 0.6) is 5.75 Å². The molecule has 144 valence electrons. The van der Waals surface area contributed by atoms with E-state index in [1.165, 1.54) is 10.4 Å². The molecular formula is C22H23N3O2S. The van der Waals surface area contributed by atoms with Gasteiger partial charge in [-0.15, -0.1) is 11.3 Å². The fourth-order valence-electron chi connectivity index (χ4n) is 3.43. The Balaban J connectivity index is 1.32. The molecule has 0 unspecified atom stereocenters. The molecule has 0 spiro atoms. The van der Waals surface area contributed by atoms with Gasteiger partial charge in [-0.3, -0.25) is 9.69 Å². The predicted molar refractivity (Wildman–Crippen MR) is 111 cm³/mol. The van der Waals surface area contributed by atoms with E-state index >= 15 is 0 Å². The van der Waals surface area contributed by atoms with Crippen LogP contribution in [0.15, 0.2) is 54.6 Å². The van der Waals surface area contributed by atoms with Gasteiger partial charge < -0.3 is 10.4 Å². The number of nitrogens with zero attached hydrogens (tertiary/aromatic N) is 2. The second kappa shape index (κ2) is 8.54. The van der Waals surface area contributed by atoms with Gasteiger partial charge in [0.2, 0.25) is 5.91 Å². The first kappa shape index (κ1) is 18.7. The normalized spacial score (nSPS) is 13.9. The highest BCUT2D eigenvalue weighted by Gasteiger charge is 2.21. The molecule has 0 saturated carbocycles. The molecule has 0 bridgehead atoms. The number of phenolic OH excluding ortho intramolecular Hbond substituents is 1. The van der Waals surface area contributed by atoms with Crippen molar-refractivity contribution >= 4 is 22.4 Å². The van der Waals surface area contributed by atoms with Crippen LogP contribution in [0.4, 0.5) is 5.13 Å². The SMILES string of the molecule is O=C(CCc1ccccc1O)Nc1nc2c(s1)CN(Cc1ccccc1)CC2. The van der Waals surface area contributed by atoms with E-state index in [9.17, 15) is 9.90 Å². The van der Waals surface area contributed by atoms with Gasteiger partial charge in [0, 0.05) is 37.4 Å². The molecule has 0 radical (unpaired) electrons. The molecule has 1 aliphatic heterocycles. The van der Waals surface area contributed by atoms with Gasteiger partial charge in [-0.05, 0) is 23.6 Å². The molecule has 28 heavy (non-hydrogen) atoms. The van der Waals surface area contributed by atoms with E-state index in [1.54, 1.807) is 23.5 Å². The van der Waals surface area contributed by atoms with Gasteiger partial charge in [-0.2, -0.15) is 0 Å². The molecule has 2 aromatic carbocycles. The summed E-state index contributed by atoms with van der Waals surface area (Å²) in [6, 6.07) is 17.6. The largest absolute Gasteiger partial charge is 0.508 e. The molecule has 6 heteroatoms. The highest BCUT2D eigenvalue weighted by atomic mass is 32.1. The minimum atomic E-state index is -0.0736. The summed E-state index contributed by atoms with van der Waals surface area (Å²) in [6.07, 6.45) is 1.74. The van der Waals surface area contributed by atoms with Crippen LogP contribution in [0.2, 0.25) is 0 Å². The Morgan fingerprint density at radius 2 is 1.93 bits per heavy atom. The van der Waals surface area contributed by atoms with Crippen molar-refractivity contribution in [2.75, 3.05) is 11.9 Å². The number of aromatic nitrogens is 1. The maximum Gasteiger partial charge on any atom is 0.226 e. The highest BCUT2D eigenvalue weighted by Crippen LogP contribution is 2.29. The lowest BCUT2D eigenvalue weighted by atomic mass is 10.1. The molecular weight excluding hydrogens is 370 g/mol. The van der Waals surface area contributed by atoms with E-state index in [4.69, 9.17) is 0 Å². The van der Waals surface area contributed by atoms with Crippen LogP contribution in [-0.2, 0) is 30.7 Å². The Hall–Kier alpha value is -2.70. The van der Waals surface area contributed by atoms with E-state index in [-0.39, 0.29) is 11.7 Å². The van der Waals surface area contributed by atoms with Crippen molar-refractivity contribution < 1.29 is 9.90 Å². The molecule has 0 aliphatic carbocycles. The van der Waals surface area contributed by atoms with Crippen molar-refractivity contribution in [3.05, 3.63) is 76.3 Å². The molecule has 2 N–H and O–H groups in total. The second-order valence-electron chi connectivity index (χ2n) is 7.01. The van der Waals surface area contributed by atoms with Crippen molar-refractivity contribution in [2.45, 2.75) is 32.4 Å². The predicted octanol–water partition coefficient (Wildman–Crippen LogP) is 3.98. The van der Waals surface area contributed by atoms with Crippen LogP contribution >= 0.6 is 11.3 Å². The van der Waals surface area contributed by atoms with Crippen molar-refractivity contribution in [3.8, 4) is 5.75 Å². The van der Waals surface area contributed by atoms with Gasteiger partial charge in [-0.25, -0.2) is 4.98 Å². The lowest BCUT2D eigenvalue weighted by Gasteiger charge is -2.25. The zero-order valence-electron chi connectivity index (χ0n) is 15.6. The molecule has 4 rings (SSSR count). The number of aromatic hydroxyl groups is 1. The molecule has 2 heterocycles. The number of hydrogen-bond acceptors (Lipinski definition) is 5. The Morgan fingerprint density at radius 3 is 2.75 bits per heavy atom. The standard InChI is InChI=1S/C22H23N3O2S/c26-19-9-5-4-8-17(19)10-11-21(27)24-22-23-18-12-13-25(15-20(18)28-22)14-16-6-2-1-3-7-16/h1-9,26H,10-15H2,(H,23,24,27). The number of rotatable bonds is 6. The van der Waals surface area contributed by atoms with Gasteiger partial charge in [0.05, 0.1) is 5.69 Å². The molecule has 0 atom stereocenters. The number of carbonyl (C=O) groups is 1. The molecule has 0 fully saturated rings. The minimum Gasteiger partial charge on any atom is -0.508 e. The fraction of sp³-hybridized carbons (Fsp3) is 0.273. The molecule has 5 nitrogen and oxygen atoms in total. The zero-order chi connectivity index (χ0) is 19.3. The minimum absolute atomic E-state index is 0.0736. The smallest absolute Gasteiger partial charge is 0.226 e. The number of nitrogens with one attached hydrogen (secondary N) is 1. The third kappa shape index (κ3) is 4.58. The van der Waals surface area contributed by atoms with E-state index in [1.807, 2.05) is 18.2 Å². The number of aryl methyl sites for hydroxylation is 1. The topological polar surface area (TPSA) is 65.5 Å². The average molecular weight is 394 g/mol. The quantitative estimate of drug-likeness (QED) is 0.665. The van der Waals surface area contributed by atoms with Crippen LogP contribution in [0.3, 0.4) is 0 Å². The van der Waals surface area contributed by atoms with Crippen LogP contribution in [0.25, 0.3) is 0 Å². The number of para-hydroxylation sites is 1. The molecule has 1 aliphatic rings. The van der Waals surface area contributed by atoms with Gasteiger partial charge in [0.25, 0.3) is 0 Å². The molecule has 1 aromatic heterocycles. The molecule has 3 aromatic rings. The third-order valence-corrected chi connectivity index (χ3v) is 5.92. The Labute approximate surface area is 168 Å². The number of phenols is 1. The number of carbonyl (C=O) groups excluding carboxylic acids is 1. The Morgan fingerprint density at radius 1 is 1.14 bits per heavy atom. The number of fused-ring (bicyclic) bond motifs is 1. The van der Waals surface area contributed by atoms with E-state index in [0.717, 1.165) is 37.3 Å². The summed E-state index contributed by atoms with van der Waals surface area (Å²) in [4.78, 5) is 20.5. The zero-order valence-corrected chi connectivity index (χ0v) is 16.4. The summed E-state index contributed by atoms with van der Waals surface area (Å²) in [7, 11) is 0. The Bertz CT molecular complexity index is 955. The van der Waals surface area contributed by atoms with Gasteiger partial charge in [0.15, 0.2) is 5.13 Å². The monoisotopic (exact) mass is 393 g/mol. The third-order valence-electron chi connectivity index (χ3n) is 4.92. The Kier molecular flexibility index (Phi) is 5.69. The van der Waals surface area contributed by atoms with Crippen LogP contribution in [-0.4, -0.2) is 27.4 Å². The maximum atomic E-state index is 12.3. The van der Waals surface area contributed by atoms with Gasteiger partial charge >= 0.3 is 0 Å². The first-order valence-corrected chi connectivity index (χ1v) is 10.3. The number of thiazole rings is 1. The summed E-state index contributed by atoms with van der Waals surface area (Å²) in [5, 5.41) is 13.4. The number of hydrogen-bond donors (Lipinski definition) is 2. The van der Waals surface area contributed by atoms with Crippen molar-refractivity contribution in [2.24, 2.45) is 0 Å². The van der Waals surface area contributed by atoms with Gasteiger partial charge in [-0.1, -0.05) is 48.5 Å². The highest BCUT2D eigenvalue weighted by molar-refractivity contribution is 7.15. The summed E-state index contributed by atoms with van der Waals surface area (Å²) in [5.74, 6) is 0.161. The first-order chi connectivity index (χ1) is 13.7. The fourth-order valence-corrected chi connectivity index (χ4v) is 4.50. The van der Waals surface area contributed by atoms with Crippen molar-refractivity contribution in [1.82, 2.24) is 9.88 Å². The summed E-state index contributed by atoms with van der Waals surface area (Å²) >= 11 is 1.57. The van der Waals surface area contributed by atoms with Crippen molar-refractivity contribution in [3.63, 3.8) is 0 Å². The summed E-state index contributed by atoms with van der Waals surface area (Å²) < 4.78 is 0.